The van der Waals surface area contributed by atoms with Crippen LogP contribution in [0.3, 0.4) is 0 Å². The molecule has 132 valence electrons. The van der Waals surface area contributed by atoms with E-state index in [1.807, 2.05) is 6.08 Å². The summed E-state index contributed by atoms with van der Waals surface area (Å²) in [5.41, 5.74) is 2.00. The summed E-state index contributed by atoms with van der Waals surface area (Å²) in [6.45, 7) is 4.96. The van der Waals surface area contributed by atoms with Gasteiger partial charge in [-0.2, -0.15) is 0 Å². The van der Waals surface area contributed by atoms with E-state index in [4.69, 9.17) is 12.2 Å². The van der Waals surface area contributed by atoms with Crippen molar-refractivity contribution in [3.63, 3.8) is 0 Å². The third kappa shape index (κ3) is 2.23. The summed E-state index contributed by atoms with van der Waals surface area (Å²) in [5.74, 6) is 3.05. The third-order valence-electron chi connectivity index (χ3n) is 8.51. The number of hydrogen-bond acceptors (Lipinski definition) is 3. The van der Waals surface area contributed by atoms with Gasteiger partial charge in [-0.05, 0) is 85.5 Å². The summed E-state index contributed by atoms with van der Waals surface area (Å²) < 4.78 is 0. The van der Waals surface area contributed by atoms with E-state index in [1.165, 1.54) is 37.7 Å². The highest BCUT2D eigenvalue weighted by molar-refractivity contribution is 7.80. The maximum Gasteiger partial charge on any atom is 0.155 e. The molecule has 3 fully saturated rings. The SMILES string of the molecule is CC12CCC(=O)C=C1CCC1C2CCC2(C)C(C(=S)CO)CCC12. The van der Waals surface area contributed by atoms with Crippen LogP contribution < -0.4 is 0 Å². The highest BCUT2D eigenvalue weighted by atomic mass is 32.1. The first-order chi connectivity index (χ1) is 11.4. The van der Waals surface area contributed by atoms with Crippen LogP contribution in [0, 0.1) is 34.5 Å². The Morgan fingerprint density at radius 3 is 2.71 bits per heavy atom. The second-order valence-corrected chi connectivity index (χ2v) is 9.79. The summed E-state index contributed by atoms with van der Waals surface area (Å²) in [5, 5.41) is 9.57. The van der Waals surface area contributed by atoms with E-state index >= 15 is 0 Å². The Labute approximate surface area is 151 Å². The molecule has 4 rings (SSSR count). The van der Waals surface area contributed by atoms with Crippen molar-refractivity contribution in [2.75, 3.05) is 6.61 Å². The van der Waals surface area contributed by atoms with E-state index in [2.05, 4.69) is 13.8 Å². The Kier molecular flexibility index (Phi) is 4.04. The molecule has 3 saturated carbocycles. The molecule has 1 N–H and O–H groups in total. The van der Waals surface area contributed by atoms with E-state index in [0.29, 0.717) is 17.1 Å². The van der Waals surface area contributed by atoms with Crippen LogP contribution in [0.1, 0.15) is 65.2 Å². The molecule has 0 amide bonds. The van der Waals surface area contributed by atoms with Crippen LogP contribution in [-0.4, -0.2) is 22.4 Å². The lowest BCUT2D eigenvalue weighted by molar-refractivity contribution is -0.117. The van der Waals surface area contributed by atoms with Gasteiger partial charge in [-0.3, -0.25) is 4.79 Å². The molecule has 0 aromatic rings. The fourth-order valence-corrected chi connectivity index (χ4v) is 7.59. The van der Waals surface area contributed by atoms with Crippen molar-refractivity contribution < 1.29 is 9.90 Å². The number of thiocarbonyl (C=S) groups is 1. The maximum absolute atomic E-state index is 11.9. The molecule has 0 spiro atoms. The molecule has 0 aromatic heterocycles. The number of aliphatic hydroxyl groups is 1. The van der Waals surface area contributed by atoms with Crippen LogP contribution in [0.4, 0.5) is 0 Å². The van der Waals surface area contributed by atoms with Crippen LogP contribution in [0.25, 0.3) is 0 Å². The molecule has 3 heteroatoms. The number of allylic oxidation sites excluding steroid dienone is 1. The predicted molar refractivity (Wildman–Crippen MR) is 99.9 cm³/mol. The highest BCUT2D eigenvalue weighted by Crippen LogP contribution is 2.66. The fraction of sp³-hybridized carbons (Fsp3) is 0.810. The minimum absolute atomic E-state index is 0.0725. The fourth-order valence-electron chi connectivity index (χ4n) is 7.20. The van der Waals surface area contributed by atoms with E-state index in [1.54, 1.807) is 0 Å². The van der Waals surface area contributed by atoms with E-state index in [-0.39, 0.29) is 12.0 Å². The molecule has 24 heavy (non-hydrogen) atoms. The Morgan fingerprint density at radius 1 is 1.17 bits per heavy atom. The number of fused-ring (bicyclic) bond motifs is 5. The molecule has 0 aliphatic heterocycles. The quantitative estimate of drug-likeness (QED) is 0.748. The molecule has 0 saturated heterocycles. The average Bonchev–Trinajstić information content (AvgIpc) is 2.92. The number of carbonyl (C=O) groups excluding carboxylic acids is 1. The Balaban J connectivity index is 1.65. The zero-order valence-corrected chi connectivity index (χ0v) is 15.8. The standard InChI is InChI=1S/C21H30O2S/c1-20-9-7-14(23)11-13(20)3-4-15-16-5-6-18(19(24)12-22)21(16,2)10-8-17(15)20/h11,15-18,22H,3-10,12H2,1-2H3. The molecule has 4 aliphatic rings. The number of rotatable bonds is 2. The number of carbonyl (C=O) groups is 1. The third-order valence-corrected chi connectivity index (χ3v) is 8.92. The van der Waals surface area contributed by atoms with Crippen LogP contribution >= 0.6 is 12.2 Å². The molecule has 6 unspecified atom stereocenters. The van der Waals surface area contributed by atoms with Gasteiger partial charge in [-0.1, -0.05) is 31.6 Å². The van der Waals surface area contributed by atoms with Crippen molar-refractivity contribution in [1.82, 2.24) is 0 Å². The zero-order chi connectivity index (χ0) is 17.1. The topological polar surface area (TPSA) is 37.3 Å². The second kappa shape index (κ2) is 5.74. The van der Waals surface area contributed by atoms with Crippen molar-refractivity contribution in [1.29, 1.82) is 0 Å². The highest BCUT2D eigenvalue weighted by Gasteiger charge is 2.59. The van der Waals surface area contributed by atoms with Crippen molar-refractivity contribution in [2.24, 2.45) is 34.5 Å². The number of aliphatic hydroxyl groups excluding tert-OH is 1. The molecule has 0 radical (unpaired) electrons. The molecule has 0 aromatic carbocycles. The maximum atomic E-state index is 11.9. The minimum atomic E-state index is 0.0725. The van der Waals surface area contributed by atoms with E-state index in [9.17, 15) is 9.90 Å². The number of hydrogen-bond donors (Lipinski definition) is 1. The lowest BCUT2D eigenvalue weighted by Gasteiger charge is -2.58. The van der Waals surface area contributed by atoms with E-state index in [0.717, 1.165) is 41.9 Å². The van der Waals surface area contributed by atoms with Crippen LogP contribution in [0.2, 0.25) is 0 Å². The molecule has 0 heterocycles. The molecule has 2 nitrogen and oxygen atoms in total. The summed E-state index contributed by atoms with van der Waals surface area (Å²) in [6.07, 6.45) is 11.1. The second-order valence-electron chi connectivity index (χ2n) is 9.27. The average molecular weight is 347 g/mol. The molecule has 4 aliphatic carbocycles. The van der Waals surface area contributed by atoms with Gasteiger partial charge < -0.3 is 5.11 Å². The Morgan fingerprint density at radius 2 is 1.96 bits per heavy atom. The van der Waals surface area contributed by atoms with Gasteiger partial charge in [-0.25, -0.2) is 0 Å². The van der Waals surface area contributed by atoms with Gasteiger partial charge in [0, 0.05) is 11.3 Å². The van der Waals surface area contributed by atoms with Gasteiger partial charge in [0.1, 0.15) is 0 Å². The first-order valence-corrected chi connectivity index (χ1v) is 10.2. The molecular weight excluding hydrogens is 316 g/mol. The van der Waals surface area contributed by atoms with Crippen LogP contribution in [-0.2, 0) is 4.79 Å². The van der Waals surface area contributed by atoms with Gasteiger partial charge in [-0.15, -0.1) is 0 Å². The van der Waals surface area contributed by atoms with E-state index < -0.39 is 0 Å². The molecule has 6 atom stereocenters. The first-order valence-electron chi connectivity index (χ1n) is 9.77. The normalized spacial score (nSPS) is 47.5. The lowest BCUT2D eigenvalue weighted by Crippen LogP contribution is -2.51. The largest absolute Gasteiger partial charge is 0.391 e. The van der Waals surface area contributed by atoms with Crippen molar-refractivity contribution >= 4 is 22.9 Å². The van der Waals surface area contributed by atoms with Gasteiger partial charge in [0.05, 0.1) is 6.61 Å². The van der Waals surface area contributed by atoms with Gasteiger partial charge in [0.15, 0.2) is 5.78 Å². The van der Waals surface area contributed by atoms with Gasteiger partial charge >= 0.3 is 0 Å². The Bertz CT molecular complexity index is 609. The van der Waals surface area contributed by atoms with Crippen LogP contribution in [0.5, 0.6) is 0 Å². The minimum Gasteiger partial charge on any atom is -0.391 e. The van der Waals surface area contributed by atoms with Crippen molar-refractivity contribution in [2.45, 2.75) is 65.2 Å². The van der Waals surface area contributed by atoms with Crippen molar-refractivity contribution in [3.8, 4) is 0 Å². The molecule has 0 bridgehead atoms. The predicted octanol–water partition coefficient (Wildman–Crippen LogP) is 4.50. The Hall–Kier alpha value is -0.540. The zero-order valence-electron chi connectivity index (χ0n) is 15.0. The number of ketones is 1. The van der Waals surface area contributed by atoms with Crippen LogP contribution in [0.15, 0.2) is 11.6 Å². The molecular formula is C21H30O2S. The van der Waals surface area contributed by atoms with Gasteiger partial charge in [0.25, 0.3) is 0 Å². The summed E-state index contributed by atoms with van der Waals surface area (Å²) in [7, 11) is 0. The summed E-state index contributed by atoms with van der Waals surface area (Å²) in [4.78, 5) is 12.8. The lowest BCUT2D eigenvalue weighted by atomic mass is 9.47. The first kappa shape index (κ1) is 16.9. The summed E-state index contributed by atoms with van der Waals surface area (Å²) >= 11 is 5.53. The van der Waals surface area contributed by atoms with Gasteiger partial charge in [0.2, 0.25) is 0 Å². The monoisotopic (exact) mass is 346 g/mol. The summed E-state index contributed by atoms with van der Waals surface area (Å²) in [6, 6.07) is 0. The van der Waals surface area contributed by atoms with Crippen molar-refractivity contribution in [3.05, 3.63) is 11.6 Å². The smallest absolute Gasteiger partial charge is 0.155 e.